The van der Waals surface area contributed by atoms with E-state index < -0.39 is 5.54 Å². The van der Waals surface area contributed by atoms with Crippen molar-refractivity contribution in [1.82, 2.24) is 10.6 Å². The van der Waals surface area contributed by atoms with Crippen molar-refractivity contribution in [2.75, 3.05) is 6.61 Å². The minimum absolute atomic E-state index is 0.0236. The number of aliphatic hydroxyl groups excluding tert-OH is 1. The van der Waals surface area contributed by atoms with Crippen LogP contribution in [-0.2, 0) is 0 Å². The van der Waals surface area contributed by atoms with Gasteiger partial charge < -0.3 is 15.7 Å². The quantitative estimate of drug-likeness (QED) is 0.678. The first-order valence-corrected chi connectivity index (χ1v) is 6.33. The van der Waals surface area contributed by atoms with Crippen molar-refractivity contribution in [3.63, 3.8) is 0 Å². The van der Waals surface area contributed by atoms with Crippen LogP contribution in [0.15, 0.2) is 0 Å². The van der Waals surface area contributed by atoms with E-state index in [-0.39, 0.29) is 12.6 Å². The van der Waals surface area contributed by atoms with Crippen molar-refractivity contribution >= 4 is 6.03 Å². The highest BCUT2D eigenvalue weighted by molar-refractivity contribution is 5.75. The Morgan fingerprint density at radius 3 is 2.44 bits per heavy atom. The van der Waals surface area contributed by atoms with Crippen molar-refractivity contribution in [2.45, 2.75) is 57.0 Å². The largest absolute Gasteiger partial charge is 0.394 e. The fourth-order valence-electron chi connectivity index (χ4n) is 2.54. The molecule has 0 aliphatic heterocycles. The molecule has 2 aliphatic rings. The molecule has 16 heavy (non-hydrogen) atoms. The summed E-state index contributed by atoms with van der Waals surface area (Å²) >= 11 is 0. The van der Waals surface area contributed by atoms with Crippen LogP contribution in [0.25, 0.3) is 0 Å². The number of urea groups is 1. The Morgan fingerprint density at radius 2 is 1.94 bits per heavy atom. The SMILES string of the molecule is CC(CO)(NC(=O)NC1CCCC1)C1CC1. The van der Waals surface area contributed by atoms with E-state index in [1.54, 1.807) is 0 Å². The van der Waals surface area contributed by atoms with Crippen LogP contribution in [0, 0.1) is 5.92 Å². The number of carbonyl (C=O) groups excluding carboxylic acids is 1. The third-order valence-corrected chi connectivity index (χ3v) is 3.90. The van der Waals surface area contributed by atoms with Gasteiger partial charge in [0.2, 0.25) is 0 Å². The summed E-state index contributed by atoms with van der Waals surface area (Å²) in [6.45, 7) is 1.95. The predicted octanol–water partition coefficient (Wildman–Crippen LogP) is 1.39. The second kappa shape index (κ2) is 4.62. The molecular formula is C12H22N2O2. The van der Waals surface area contributed by atoms with Crippen LogP contribution in [-0.4, -0.2) is 29.3 Å². The summed E-state index contributed by atoms with van der Waals surface area (Å²) < 4.78 is 0. The molecule has 4 heteroatoms. The third kappa shape index (κ3) is 2.67. The van der Waals surface area contributed by atoms with Crippen LogP contribution in [0.2, 0.25) is 0 Å². The van der Waals surface area contributed by atoms with Gasteiger partial charge in [-0.25, -0.2) is 4.79 Å². The molecule has 0 spiro atoms. The standard InChI is InChI=1S/C12H22N2O2/c1-12(8-15,9-6-7-9)14-11(16)13-10-4-2-3-5-10/h9-10,15H,2-8H2,1H3,(H2,13,14,16). The van der Waals surface area contributed by atoms with E-state index in [1.807, 2.05) is 6.92 Å². The number of amides is 2. The summed E-state index contributed by atoms with van der Waals surface area (Å²) in [6.07, 6.45) is 6.83. The molecule has 0 aromatic carbocycles. The van der Waals surface area contributed by atoms with Gasteiger partial charge in [0, 0.05) is 6.04 Å². The summed E-state index contributed by atoms with van der Waals surface area (Å²) in [5.41, 5.74) is -0.428. The highest BCUT2D eigenvalue weighted by atomic mass is 16.3. The van der Waals surface area contributed by atoms with E-state index in [4.69, 9.17) is 0 Å². The molecule has 2 fully saturated rings. The summed E-state index contributed by atoms with van der Waals surface area (Å²) in [7, 11) is 0. The lowest BCUT2D eigenvalue weighted by atomic mass is 9.97. The van der Waals surface area contributed by atoms with Crippen LogP contribution < -0.4 is 10.6 Å². The minimum Gasteiger partial charge on any atom is -0.394 e. The number of hydrogen-bond donors (Lipinski definition) is 3. The van der Waals surface area contributed by atoms with Crippen LogP contribution in [0.3, 0.4) is 0 Å². The van der Waals surface area contributed by atoms with Gasteiger partial charge in [-0.15, -0.1) is 0 Å². The number of nitrogens with one attached hydrogen (secondary N) is 2. The maximum Gasteiger partial charge on any atom is 0.315 e. The maximum atomic E-state index is 11.8. The van der Waals surface area contributed by atoms with Crippen molar-refractivity contribution < 1.29 is 9.90 Å². The average Bonchev–Trinajstić information content (AvgIpc) is 3.00. The molecule has 0 radical (unpaired) electrons. The first kappa shape index (κ1) is 11.7. The molecule has 1 atom stereocenters. The highest BCUT2D eigenvalue weighted by Crippen LogP contribution is 2.39. The molecule has 0 bridgehead atoms. The van der Waals surface area contributed by atoms with Gasteiger partial charge >= 0.3 is 6.03 Å². The Labute approximate surface area is 96.8 Å². The van der Waals surface area contributed by atoms with Gasteiger partial charge in [0.1, 0.15) is 0 Å². The topological polar surface area (TPSA) is 61.4 Å². The van der Waals surface area contributed by atoms with Gasteiger partial charge in [0.05, 0.1) is 12.1 Å². The molecular weight excluding hydrogens is 204 g/mol. The van der Waals surface area contributed by atoms with E-state index >= 15 is 0 Å². The first-order chi connectivity index (χ1) is 7.64. The zero-order valence-corrected chi connectivity index (χ0v) is 9.96. The number of carbonyl (C=O) groups is 1. The Morgan fingerprint density at radius 1 is 1.31 bits per heavy atom. The molecule has 2 amide bonds. The van der Waals surface area contributed by atoms with Gasteiger partial charge in [0.25, 0.3) is 0 Å². The smallest absolute Gasteiger partial charge is 0.315 e. The van der Waals surface area contributed by atoms with E-state index in [0.29, 0.717) is 12.0 Å². The summed E-state index contributed by atoms with van der Waals surface area (Å²) in [4.78, 5) is 11.8. The lowest BCUT2D eigenvalue weighted by Gasteiger charge is -2.29. The van der Waals surface area contributed by atoms with Crippen molar-refractivity contribution in [1.29, 1.82) is 0 Å². The lowest BCUT2D eigenvalue weighted by molar-refractivity contribution is 0.154. The molecule has 0 aromatic rings. The average molecular weight is 226 g/mol. The summed E-state index contributed by atoms with van der Waals surface area (Å²) in [5, 5.41) is 15.3. The Kier molecular flexibility index (Phi) is 3.38. The Balaban J connectivity index is 1.80. The van der Waals surface area contributed by atoms with Gasteiger partial charge in [-0.1, -0.05) is 12.8 Å². The molecule has 1 unspecified atom stereocenters. The molecule has 2 rings (SSSR count). The van der Waals surface area contributed by atoms with Crippen LogP contribution in [0.5, 0.6) is 0 Å². The van der Waals surface area contributed by atoms with Gasteiger partial charge in [-0.2, -0.15) is 0 Å². The number of aliphatic hydroxyl groups is 1. The Hall–Kier alpha value is -0.770. The van der Waals surface area contributed by atoms with Crippen LogP contribution in [0.1, 0.15) is 45.4 Å². The highest BCUT2D eigenvalue weighted by Gasteiger charge is 2.42. The monoisotopic (exact) mass is 226 g/mol. The molecule has 0 saturated heterocycles. The van der Waals surface area contributed by atoms with E-state index in [9.17, 15) is 9.90 Å². The van der Waals surface area contributed by atoms with Crippen LogP contribution in [0.4, 0.5) is 4.79 Å². The predicted molar refractivity (Wildman–Crippen MR) is 62.1 cm³/mol. The van der Waals surface area contributed by atoms with Crippen LogP contribution >= 0.6 is 0 Å². The molecule has 92 valence electrons. The number of rotatable bonds is 4. The Bertz CT molecular complexity index is 260. The normalized spacial score (nSPS) is 25.1. The molecule has 2 aliphatic carbocycles. The van der Waals surface area contributed by atoms with E-state index in [2.05, 4.69) is 10.6 Å². The fourth-order valence-corrected chi connectivity index (χ4v) is 2.54. The zero-order valence-electron chi connectivity index (χ0n) is 9.96. The minimum atomic E-state index is -0.428. The fraction of sp³-hybridized carbons (Fsp3) is 0.917. The van der Waals surface area contributed by atoms with E-state index in [1.165, 1.54) is 12.8 Å². The summed E-state index contributed by atoms with van der Waals surface area (Å²) in [6, 6.07) is 0.220. The maximum absolute atomic E-state index is 11.8. The first-order valence-electron chi connectivity index (χ1n) is 6.33. The molecule has 3 N–H and O–H groups in total. The zero-order chi connectivity index (χ0) is 11.6. The van der Waals surface area contributed by atoms with Crippen molar-refractivity contribution in [3.8, 4) is 0 Å². The number of hydrogen-bond acceptors (Lipinski definition) is 2. The molecule has 0 heterocycles. The lowest BCUT2D eigenvalue weighted by Crippen LogP contribution is -2.55. The van der Waals surface area contributed by atoms with Crippen molar-refractivity contribution in [3.05, 3.63) is 0 Å². The van der Waals surface area contributed by atoms with Gasteiger partial charge in [-0.3, -0.25) is 0 Å². The molecule has 0 aromatic heterocycles. The van der Waals surface area contributed by atoms with Gasteiger partial charge in [-0.05, 0) is 38.5 Å². The second-order valence-electron chi connectivity index (χ2n) is 5.43. The molecule has 2 saturated carbocycles. The van der Waals surface area contributed by atoms with Gasteiger partial charge in [0.15, 0.2) is 0 Å². The van der Waals surface area contributed by atoms with E-state index in [0.717, 1.165) is 25.7 Å². The third-order valence-electron chi connectivity index (χ3n) is 3.90. The summed E-state index contributed by atoms with van der Waals surface area (Å²) in [5.74, 6) is 0.451. The second-order valence-corrected chi connectivity index (χ2v) is 5.43. The molecule has 4 nitrogen and oxygen atoms in total. The van der Waals surface area contributed by atoms with Crippen molar-refractivity contribution in [2.24, 2.45) is 5.92 Å².